The molecule has 0 radical (unpaired) electrons. The average molecular weight is 327 g/mol. The van der Waals surface area contributed by atoms with Gasteiger partial charge in [-0.3, -0.25) is 0 Å². The van der Waals surface area contributed by atoms with Crippen LogP contribution in [0.3, 0.4) is 0 Å². The summed E-state index contributed by atoms with van der Waals surface area (Å²) in [6.45, 7) is 2.19. The summed E-state index contributed by atoms with van der Waals surface area (Å²) in [6, 6.07) is 20.2. The molecule has 0 nitrogen and oxygen atoms in total. The molecule has 0 saturated carbocycles. The fraction of sp³-hybridized carbons (Fsp3) is 0.0588. The Balaban J connectivity index is 1.96. The molecule has 0 aliphatic rings. The molecule has 4 aromatic rings. The monoisotopic (exact) mass is 328 g/mol. The van der Waals surface area contributed by atoms with Crippen molar-refractivity contribution >= 4 is 45.6 Å². The first-order chi connectivity index (χ1) is 9.29. The maximum absolute atomic E-state index is 2.40. The minimum atomic E-state index is 0.447. The summed E-state index contributed by atoms with van der Waals surface area (Å²) in [6.07, 6.45) is 0. The van der Waals surface area contributed by atoms with E-state index in [2.05, 4.69) is 61.5 Å². The quantitative estimate of drug-likeness (QED) is 0.427. The molecule has 0 N–H and O–H groups in total. The van der Waals surface area contributed by atoms with Gasteiger partial charge in [-0.2, -0.15) is 0 Å². The number of thiophene rings is 1. The van der Waals surface area contributed by atoms with Crippen molar-refractivity contribution in [2.24, 2.45) is 0 Å². The van der Waals surface area contributed by atoms with Crippen LogP contribution in [0.4, 0.5) is 0 Å². The van der Waals surface area contributed by atoms with Crippen LogP contribution in [-0.4, -0.2) is 14.5 Å². The van der Waals surface area contributed by atoms with Gasteiger partial charge in [-0.1, -0.05) is 0 Å². The van der Waals surface area contributed by atoms with Crippen molar-refractivity contribution in [3.63, 3.8) is 0 Å². The van der Waals surface area contributed by atoms with Crippen molar-refractivity contribution in [2.45, 2.75) is 6.92 Å². The van der Waals surface area contributed by atoms with E-state index in [9.17, 15) is 0 Å². The molecule has 0 bridgehead atoms. The van der Waals surface area contributed by atoms with Crippen LogP contribution in [0.5, 0.6) is 0 Å². The summed E-state index contributed by atoms with van der Waals surface area (Å²) in [7, 11) is 0. The Kier molecular flexibility index (Phi) is 2.63. The molecule has 0 amide bonds. The van der Waals surface area contributed by atoms with Crippen molar-refractivity contribution in [3.8, 4) is 10.0 Å². The normalized spacial score (nSPS) is 11.4. The van der Waals surface area contributed by atoms with Gasteiger partial charge >= 0.3 is 122 Å². The van der Waals surface area contributed by atoms with Gasteiger partial charge in [0.1, 0.15) is 0 Å². The number of hydrogen-bond donors (Lipinski definition) is 0. The van der Waals surface area contributed by atoms with E-state index in [0.717, 1.165) is 0 Å². The molecule has 4 rings (SSSR count). The van der Waals surface area contributed by atoms with Crippen LogP contribution in [0.25, 0.3) is 29.7 Å². The Labute approximate surface area is 122 Å². The molecule has 0 aliphatic heterocycles. The molecule has 19 heavy (non-hydrogen) atoms. The average Bonchev–Trinajstić information content (AvgIpc) is 2.98. The third-order valence-corrected chi connectivity index (χ3v) is 6.76. The van der Waals surface area contributed by atoms with Crippen molar-refractivity contribution < 1.29 is 0 Å². The maximum atomic E-state index is 2.40. The molecular weight excluding hydrogens is 315 g/mol. The van der Waals surface area contributed by atoms with Crippen LogP contribution in [0.15, 0.2) is 54.6 Å². The molecule has 0 saturated heterocycles. The molecule has 2 heterocycles. The molecule has 0 aliphatic carbocycles. The van der Waals surface area contributed by atoms with E-state index in [1.54, 1.807) is 0 Å². The van der Waals surface area contributed by atoms with E-state index in [-0.39, 0.29) is 0 Å². The first kappa shape index (κ1) is 11.5. The second-order valence-corrected chi connectivity index (χ2v) is 8.32. The van der Waals surface area contributed by atoms with Crippen molar-refractivity contribution in [1.29, 1.82) is 0 Å². The minimum absolute atomic E-state index is 0.447. The van der Waals surface area contributed by atoms with Crippen molar-refractivity contribution in [3.05, 3.63) is 59.5 Å². The summed E-state index contributed by atoms with van der Waals surface area (Å²) in [5.74, 6) is 0. The summed E-state index contributed by atoms with van der Waals surface area (Å²) in [5.41, 5.74) is 1.37. The molecule has 0 unspecified atom stereocenters. The third kappa shape index (κ3) is 1.97. The van der Waals surface area contributed by atoms with Gasteiger partial charge in [0.25, 0.3) is 0 Å². The third-order valence-electron chi connectivity index (χ3n) is 3.34. The number of aryl methyl sites for hydroxylation is 1. The fourth-order valence-corrected chi connectivity index (χ4v) is 5.85. The van der Waals surface area contributed by atoms with Gasteiger partial charge in [0, 0.05) is 0 Å². The summed E-state index contributed by atoms with van der Waals surface area (Å²) in [4.78, 5) is 1.40. The first-order valence-electron chi connectivity index (χ1n) is 6.29. The summed E-state index contributed by atoms with van der Waals surface area (Å²) < 4.78 is 4.46. The van der Waals surface area contributed by atoms with Crippen LogP contribution < -0.4 is 0 Å². The molecule has 0 spiro atoms. The summed E-state index contributed by atoms with van der Waals surface area (Å²) >= 11 is 2.35. The number of fused-ring (bicyclic) bond motifs is 2. The molecule has 2 heteroatoms. The number of rotatable bonds is 1. The Morgan fingerprint density at radius 1 is 0.895 bits per heavy atom. The zero-order chi connectivity index (χ0) is 12.8. The Hall–Kier alpha value is -1.34. The Morgan fingerprint density at radius 3 is 2.58 bits per heavy atom. The number of benzene rings is 2. The zero-order valence-electron chi connectivity index (χ0n) is 10.5. The van der Waals surface area contributed by atoms with E-state index in [1.807, 2.05) is 11.3 Å². The molecule has 2 aromatic carbocycles. The van der Waals surface area contributed by atoms with Crippen molar-refractivity contribution in [1.82, 2.24) is 0 Å². The van der Waals surface area contributed by atoms with Crippen LogP contribution in [0.1, 0.15) is 4.88 Å². The van der Waals surface area contributed by atoms with Gasteiger partial charge in [0.05, 0.1) is 0 Å². The number of hydrogen-bond acceptors (Lipinski definition) is 1. The van der Waals surface area contributed by atoms with E-state index in [0.29, 0.717) is 14.5 Å². The second kappa shape index (κ2) is 4.35. The zero-order valence-corrected chi connectivity index (χ0v) is 13.0. The second-order valence-electron chi connectivity index (χ2n) is 4.76. The topological polar surface area (TPSA) is 0 Å². The van der Waals surface area contributed by atoms with Gasteiger partial charge in [0.2, 0.25) is 0 Å². The predicted octanol–water partition coefficient (Wildman–Crippen LogP) is 5.09. The van der Waals surface area contributed by atoms with Gasteiger partial charge in [0.15, 0.2) is 0 Å². The fourth-order valence-electron chi connectivity index (χ4n) is 2.45. The van der Waals surface area contributed by atoms with E-state index in [4.69, 9.17) is 0 Å². The molecule has 0 fully saturated rings. The van der Waals surface area contributed by atoms with Crippen LogP contribution in [-0.2, 0) is 0 Å². The molecular formula is C17H12SSe. The van der Waals surface area contributed by atoms with Crippen LogP contribution >= 0.6 is 11.3 Å². The molecule has 2 aromatic heterocycles. The van der Waals surface area contributed by atoms with Gasteiger partial charge in [-0.05, 0) is 0 Å². The molecule has 92 valence electrons. The standard InChI is InChI=1S/C17H12SSe/c1-11-7-13-8-14-9-16(12-5-3-2-4-6-12)19-17(14)10-15(13)18-11/h2-10H,1H3. The first-order valence-corrected chi connectivity index (χ1v) is 8.82. The predicted molar refractivity (Wildman–Crippen MR) is 86.4 cm³/mol. The van der Waals surface area contributed by atoms with Crippen LogP contribution in [0, 0.1) is 6.92 Å². The van der Waals surface area contributed by atoms with Crippen molar-refractivity contribution in [2.75, 3.05) is 0 Å². The summed E-state index contributed by atoms with van der Waals surface area (Å²) in [5, 5.41) is 2.81. The SMILES string of the molecule is Cc1cc2cc3cc(-c4ccccc4)[se]c3cc2s1. The van der Waals surface area contributed by atoms with E-state index >= 15 is 0 Å². The van der Waals surface area contributed by atoms with Gasteiger partial charge in [-0.25, -0.2) is 0 Å². The van der Waals surface area contributed by atoms with Crippen LogP contribution in [0.2, 0.25) is 0 Å². The van der Waals surface area contributed by atoms with Gasteiger partial charge < -0.3 is 0 Å². The van der Waals surface area contributed by atoms with E-state index in [1.165, 1.54) is 34.6 Å². The van der Waals surface area contributed by atoms with E-state index < -0.39 is 0 Å². The molecule has 0 atom stereocenters. The Morgan fingerprint density at radius 2 is 1.74 bits per heavy atom. The van der Waals surface area contributed by atoms with Gasteiger partial charge in [-0.15, -0.1) is 0 Å². The Bertz CT molecular complexity index is 817.